The van der Waals surface area contributed by atoms with Crippen LogP contribution in [-0.4, -0.2) is 11.5 Å². The van der Waals surface area contributed by atoms with E-state index < -0.39 is 5.41 Å². The summed E-state index contributed by atoms with van der Waals surface area (Å²) in [5.41, 5.74) is -0.759. The van der Waals surface area contributed by atoms with Crippen molar-refractivity contribution in [1.82, 2.24) is 0 Å². The Morgan fingerprint density at radius 1 is 1.00 bits per heavy atom. The molecule has 0 spiro atoms. The zero-order valence-corrected chi connectivity index (χ0v) is 8.33. The van der Waals surface area contributed by atoms with Gasteiger partial charge in [0.05, 0.1) is 5.54 Å². The second kappa shape index (κ2) is 2.92. The van der Waals surface area contributed by atoms with Gasteiger partial charge in [-0.25, -0.2) is 0 Å². The largest absolute Gasteiger partial charge is 0.255 e. The fraction of sp³-hybridized carbons (Fsp3) is 0.889. The van der Waals surface area contributed by atoms with E-state index in [4.69, 9.17) is 0 Å². The molecule has 0 fully saturated rings. The Morgan fingerprint density at radius 3 is 1.45 bits per heavy atom. The third kappa shape index (κ3) is 4.93. The van der Waals surface area contributed by atoms with E-state index in [2.05, 4.69) is 4.99 Å². The van der Waals surface area contributed by atoms with Crippen LogP contribution >= 0.6 is 0 Å². The zero-order chi connectivity index (χ0) is 9.28. The summed E-state index contributed by atoms with van der Waals surface area (Å²) >= 11 is 0. The summed E-state index contributed by atoms with van der Waals surface area (Å²) in [5, 5.41) is 0. The summed E-state index contributed by atoms with van der Waals surface area (Å²) < 4.78 is 13.2. The lowest BCUT2D eigenvalue weighted by atomic mass is 9.97. The lowest BCUT2D eigenvalue weighted by molar-refractivity contribution is 0.483. The molecule has 0 aromatic rings. The highest BCUT2D eigenvalue weighted by Gasteiger charge is 2.21. The number of hydrogen-bond donors (Lipinski definition) is 0. The SMILES string of the molecule is CC(C)(C)N=C(F)C(C)(C)C. The second-order valence-electron chi connectivity index (χ2n) is 4.82. The van der Waals surface area contributed by atoms with E-state index in [1.54, 1.807) is 0 Å². The van der Waals surface area contributed by atoms with Gasteiger partial charge in [0.15, 0.2) is 5.97 Å². The topological polar surface area (TPSA) is 12.4 Å². The number of nitrogens with zero attached hydrogens (tertiary/aromatic N) is 1. The van der Waals surface area contributed by atoms with Gasteiger partial charge >= 0.3 is 0 Å². The van der Waals surface area contributed by atoms with Crippen molar-refractivity contribution < 1.29 is 4.39 Å². The summed E-state index contributed by atoms with van der Waals surface area (Å²) in [6.45, 7) is 11.1. The van der Waals surface area contributed by atoms with E-state index in [-0.39, 0.29) is 11.5 Å². The molecule has 0 saturated carbocycles. The first-order valence-electron chi connectivity index (χ1n) is 3.89. The maximum atomic E-state index is 13.2. The minimum atomic E-state index is -0.451. The molecule has 0 rings (SSSR count). The predicted molar refractivity (Wildman–Crippen MR) is 47.8 cm³/mol. The Kier molecular flexibility index (Phi) is 2.81. The van der Waals surface area contributed by atoms with Crippen molar-refractivity contribution in [2.75, 3.05) is 0 Å². The molecule has 0 aliphatic carbocycles. The van der Waals surface area contributed by atoms with Crippen molar-refractivity contribution >= 4 is 5.97 Å². The molecular weight excluding hydrogens is 141 g/mol. The minimum Gasteiger partial charge on any atom is -0.255 e. The standard InChI is InChI=1S/C9H18FN/c1-8(2,3)7(10)11-9(4,5)6/h1-6H3. The molecule has 0 amide bonds. The number of hydrogen-bond acceptors (Lipinski definition) is 1. The maximum absolute atomic E-state index is 13.2. The highest BCUT2D eigenvalue weighted by atomic mass is 19.1. The van der Waals surface area contributed by atoms with Crippen LogP contribution in [0.5, 0.6) is 0 Å². The molecule has 66 valence electrons. The summed E-state index contributed by atoms with van der Waals surface area (Å²) in [6.07, 6.45) is 0. The van der Waals surface area contributed by atoms with Gasteiger partial charge in [0.2, 0.25) is 0 Å². The third-order valence-corrected chi connectivity index (χ3v) is 1.05. The van der Waals surface area contributed by atoms with E-state index in [9.17, 15) is 4.39 Å². The molecule has 0 saturated heterocycles. The molecule has 0 aliphatic heterocycles. The molecule has 0 bridgehead atoms. The Bertz CT molecular complexity index is 157. The van der Waals surface area contributed by atoms with Gasteiger partial charge in [-0.05, 0) is 20.8 Å². The van der Waals surface area contributed by atoms with Gasteiger partial charge in [-0.2, -0.15) is 4.39 Å². The summed E-state index contributed by atoms with van der Waals surface area (Å²) in [4.78, 5) is 3.93. The first-order valence-corrected chi connectivity index (χ1v) is 3.89. The summed E-state index contributed by atoms with van der Waals surface area (Å²) in [6, 6.07) is 0. The van der Waals surface area contributed by atoms with E-state index in [0.29, 0.717) is 0 Å². The van der Waals surface area contributed by atoms with Crippen molar-refractivity contribution in [3.8, 4) is 0 Å². The van der Waals surface area contributed by atoms with Crippen LogP contribution in [0.1, 0.15) is 41.5 Å². The molecule has 2 heteroatoms. The molecule has 0 heterocycles. The molecule has 0 aliphatic rings. The minimum absolute atomic E-state index is 0.273. The van der Waals surface area contributed by atoms with Gasteiger partial charge < -0.3 is 0 Å². The second-order valence-corrected chi connectivity index (χ2v) is 4.82. The van der Waals surface area contributed by atoms with E-state index >= 15 is 0 Å². The Morgan fingerprint density at radius 2 is 1.36 bits per heavy atom. The molecule has 0 radical (unpaired) electrons. The Hall–Kier alpha value is -0.400. The van der Waals surface area contributed by atoms with Crippen LogP contribution in [0.4, 0.5) is 4.39 Å². The third-order valence-electron chi connectivity index (χ3n) is 1.05. The normalized spacial score (nSPS) is 15.4. The van der Waals surface area contributed by atoms with Gasteiger partial charge in [-0.15, -0.1) is 0 Å². The first kappa shape index (κ1) is 10.6. The quantitative estimate of drug-likeness (QED) is 0.481. The monoisotopic (exact) mass is 159 g/mol. The number of halogens is 1. The molecule has 0 N–H and O–H groups in total. The van der Waals surface area contributed by atoms with E-state index in [1.165, 1.54) is 0 Å². The van der Waals surface area contributed by atoms with Crippen molar-refractivity contribution in [3.05, 3.63) is 0 Å². The van der Waals surface area contributed by atoms with Crippen LogP contribution in [0.2, 0.25) is 0 Å². The van der Waals surface area contributed by atoms with E-state index in [1.807, 2.05) is 41.5 Å². The summed E-state index contributed by atoms with van der Waals surface area (Å²) in [5.74, 6) is -0.273. The highest BCUT2D eigenvalue weighted by molar-refractivity contribution is 5.80. The first-order chi connectivity index (χ1) is 4.63. The van der Waals surface area contributed by atoms with Crippen LogP contribution in [0.15, 0.2) is 4.99 Å². The number of aliphatic imine (C=N–C) groups is 1. The van der Waals surface area contributed by atoms with Crippen molar-refractivity contribution in [1.29, 1.82) is 0 Å². The Labute approximate surface area is 68.7 Å². The van der Waals surface area contributed by atoms with Gasteiger partial charge in [0.25, 0.3) is 0 Å². The highest BCUT2D eigenvalue weighted by Crippen LogP contribution is 2.20. The van der Waals surface area contributed by atoms with Crippen LogP contribution < -0.4 is 0 Å². The van der Waals surface area contributed by atoms with E-state index in [0.717, 1.165) is 0 Å². The number of rotatable bonds is 0. The van der Waals surface area contributed by atoms with Crippen molar-refractivity contribution in [2.24, 2.45) is 10.4 Å². The van der Waals surface area contributed by atoms with Gasteiger partial charge in [0, 0.05) is 5.41 Å². The Balaban J connectivity index is 4.49. The molecular formula is C9H18FN. The van der Waals surface area contributed by atoms with Crippen molar-refractivity contribution in [2.45, 2.75) is 47.1 Å². The molecule has 1 nitrogen and oxygen atoms in total. The van der Waals surface area contributed by atoms with Crippen LogP contribution in [-0.2, 0) is 0 Å². The van der Waals surface area contributed by atoms with Crippen LogP contribution in [0.25, 0.3) is 0 Å². The van der Waals surface area contributed by atoms with Gasteiger partial charge in [-0.1, -0.05) is 20.8 Å². The summed E-state index contributed by atoms with van der Waals surface area (Å²) in [7, 11) is 0. The molecule has 0 aromatic heterocycles. The smallest absolute Gasteiger partial charge is 0.190 e. The molecule has 0 unspecified atom stereocenters. The average Bonchev–Trinajstić information content (AvgIpc) is 1.56. The fourth-order valence-corrected chi connectivity index (χ4v) is 0.462. The zero-order valence-electron chi connectivity index (χ0n) is 8.33. The average molecular weight is 159 g/mol. The lowest BCUT2D eigenvalue weighted by Gasteiger charge is -2.19. The lowest BCUT2D eigenvalue weighted by Crippen LogP contribution is -2.21. The van der Waals surface area contributed by atoms with Gasteiger partial charge in [-0.3, -0.25) is 4.99 Å². The van der Waals surface area contributed by atoms with Crippen LogP contribution in [0, 0.1) is 5.41 Å². The van der Waals surface area contributed by atoms with Gasteiger partial charge in [0.1, 0.15) is 0 Å². The maximum Gasteiger partial charge on any atom is 0.190 e. The molecule has 0 atom stereocenters. The van der Waals surface area contributed by atoms with Crippen LogP contribution in [0.3, 0.4) is 0 Å². The van der Waals surface area contributed by atoms with Crippen molar-refractivity contribution in [3.63, 3.8) is 0 Å². The molecule has 0 aromatic carbocycles. The fourth-order valence-electron chi connectivity index (χ4n) is 0.462. The predicted octanol–water partition coefficient (Wildman–Crippen LogP) is 3.20. The molecule has 11 heavy (non-hydrogen) atoms.